The van der Waals surface area contributed by atoms with Gasteiger partial charge in [-0.05, 0) is 66.8 Å². The largest absolute Gasteiger partial charge is 0.497 e. The quantitative estimate of drug-likeness (QED) is 0.596. The van der Waals surface area contributed by atoms with Crippen LogP contribution in [0.2, 0.25) is 0 Å². The van der Waals surface area contributed by atoms with E-state index in [-0.39, 0.29) is 30.7 Å². The van der Waals surface area contributed by atoms with Crippen LogP contribution in [0.3, 0.4) is 0 Å². The number of carbonyl (C=O) groups is 3. The zero-order valence-electron chi connectivity index (χ0n) is 18.8. The Kier molecular flexibility index (Phi) is 6.39. The van der Waals surface area contributed by atoms with E-state index < -0.39 is 12.1 Å². The fourth-order valence-electron chi connectivity index (χ4n) is 4.33. The number of anilines is 1. The first kappa shape index (κ1) is 22.4. The number of rotatable bonds is 8. The Morgan fingerprint density at radius 1 is 1.06 bits per heavy atom. The van der Waals surface area contributed by atoms with Crippen molar-refractivity contribution in [2.24, 2.45) is 0 Å². The summed E-state index contributed by atoms with van der Waals surface area (Å²) in [7, 11) is 4.72. The first-order valence-corrected chi connectivity index (χ1v) is 10.8. The predicted octanol–water partition coefficient (Wildman–Crippen LogP) is 2.72. The van der Waals surface area contributed by atoms with Gasteiger partial charge in [0.1, 0.15) is 11.8 Å². The van der Waals surface area contributed by atoms with E-state index in [0.29, 0.717) is 22.9 Å². The fraction of sp³-hybridized carbons (Fsp3) is 0.375. The van der Waals surface area contributed by atoms with Crippen molar-refractivity contribution < 1.29 is 28.6 Å². The summed E-state index contributed by atoms with van der Waals surface area (Å²) in [6.07, 6.45) is 1.94. The Morgan fingerprint density at radius 2 is 1.76 bits per heavy atom. The molecule has 1 aliphatic carbocycles. The molecular weight excluding hydrogens is 426 g/mol. The minimum absolute atomic E-state index is 0.117. The summed E-state index contributed by atoms with van der Waals surface area (Å²) in [6.45, 7) is 0. The van der Waals surface area contributed by atoms with Crippen LogP contribution in [0.5, 0.6) is 17.2 Å². The standard InChI is InChI=1S/C24H27N3O6/c1-31-16-7-5-15(6-8-16)27-23(29)19(26-24(27)30)10-11-22(28)25-18-9-4-14-12-20(32-2)21(33-3)13-17(14)18/h5-8,12-13,18-19H,4,9-11H2,1-3H3,(H,25,28)(H,26,30). The number of carbonyl (C=O) groups excluding carboxylic acids is 3. The number of nitrogens with one attached hydrogen (secondary N) is 2. The molecule has 1 fully saturated rings. The number of hydrogen-bond donors (Lipinski definition) is 2. The lowest BCUT2D eigenvalue weighted by molar-refractivity contribution is -0.122. The van der Waals surface area contributed by atoms with Gasteiger partial charge in [-0.2, -0.15) is 0 Å². The van der Waals surface area contributed by atoms with Gasteiger partial charge in [0.2, 0.25) is 5.91 Å². The van der Waals surface area contributed by atoms with Gasteiger partial charge in [-0.25, -0.2) is 9.69 Å². The number of amides is 4. The molecule has 2 aromatic rings. The van der Waals surface area contributed by atoms with Crippen LogP contribution in [0.25, 0.3) is 0 Å². The molecule has 2 atom stereocenters. The molecule has 2 unspecified atom stereocenters. The van der Waals surface area contributed by atoms with E-state index in [4.69, 9.17) is 14.2 Å². The van der Waals surface area contributed by atoms with E-state index in [1.54, 1.807) is 45.6 Å². The van der Waals surface area contributed by atoms with Crippen molar-refractivity contribution >= 4 is 23.5 Å². The number of nitrogens with zero attached hydrogens (tertiary/aromatic N) is 1. The molecule has 1 saturated heterocycles. The van der Waals surface area contributed by atoms with Crippen LogP contribution < -0.4 is 29.7 Å². The Balaban J connectivity index is 1.35. The van der Waals surface area contributed by atoms with Crippen LogP contribution in [0, 0.1) is 0 Å². The lowest BCUT2D eigenvalue weighted by Gasteiger charge is -2.17. The first-order valence-electron chi connectivity index (χ1n) is 10.8. The number of ether oxygens (including phenoxy) is 3. The zero-order valence-corrected chi connectivity index (χ0v) is 18.8. The lowest BCUT2D eigenvalue weighted by atomic mass is 10.1. The SMILES string of the molecule is COc1ccc(N2C(=O)NC(CCC(=O)NC3CCc4cc(OC)c(OC)cc43)C2=O)cc1. The number of methoxy groups -OCH3 is 3. The Labute approximate surface area is 192 Å². The molecular formula is C24H27N3O6. The number of imide groups is 1. The number of aryl methyl sites for hydroxylation is 1. The van der Waals surface area contributed by atoms with E-state index >= 15 is 0 Å². The topological polar surface area (TPSA) is 106 Å². The molecule has 0 aromatic heterocycles. The second-order valence-electron chi connectivity index (χ2n) is 7.98. The molecule has 33 heavy (non-hydrogen) atoms. The third kappa shape index (κ3) is 4.44. The summed E-state index contributed by atoms with van der Waals surface area (Å²) < 4.78 is 15.9. The lowest BCUT2D eigenvalue weighted by Crippen LogP contribution is -2.33. The maximum absolute atomic E-state index is 12.8. The van der Waals surface area contributed by atoms with E-state index in [1.165, 1.54) is 0 Å². The summed E-state index contributed by atoms with van der Waals surface area (Å²) in [5.74, 6) is 1.37. The van der Waals surface area contributed by atoms with Crippen molar-refractivity contribution in [3.63, 3.8) is 0 Å². The van der Waals surface area contributed by atoms with Crippen LogP contribution in [-0.4, -0.2) is 45.2 Å². The van der Waals surface area contributed by atoms with E-state index in [0.717, 1.165) is 28.9 Å². The molecule has 174 valence electrons. The van der Waals surface area contributed by atoms with Gasteiger partial charge in [0.25, 0.3) is 5.91 Å². The summed E-state index contributed by atoms with van der Waals surface area (Å²) in [6, 6.07) is 9.13. The maximum atomic E-state index is 12.8. The third-order valence-corrected chi connectivity index (χ3v) is 6.07. The monoisotopic (exact) mass is 453 g/mol. The molecule has 2 aliphatic rings. The molecule has 1 heterocycles. The highest BCUT2D eigenvalue weighted by molar-refractivity contribution is 6.21. The van der Waals surface area contributed by atoms with E-state index in [2.05, 4.69) is 10.6 Å². The average molecular weight is 453 g/mol. The van der Waals surface area contributed by atoms with Crippen LogP contribution in [0.4, 0.5) is 10.5 Å². The first-order chi connectivity index (χ1) is 15.9. The van der Waals surface area contributed by atoms with Gasteiger partial charge >= 0.3 is 6.03 Å². The molecule has 0 bridgehead atoms. The van der Waals surface area contributed by atoms with Crippen molar-refractivity contribution in [1.82, 2.24) is 10.6 Å². The Hall–Kier alpha value is -3.75. The van der Waals surface area contributed by atoms with Gasteiger partial charge in [0, 0.05) is 6.42 Å². The van der Waals surface area contributed by atoms with Crippen LogP contribution in [0.1, 0.15) is 36.4 Å². The number of hydrogen-bond acceptors (Lipinski definition) is 6. The van der Waals surface area contributed by atoms with Crippen LogP contribution in [-0.2, 0) is 16.0 Å². The van der Waals surface area contributed by atoms with E-state index in [9.17, 15) is 14.4 Å². The van der Waals surface area contributed by atoms with Gasteiger partial charge in [-0.3, -0.25) is 9.59 Å². The maximum Gasteiger partial charge on any atom is 0.329 e. The normalized spacial score (nSPS) is 19.2. The van der Waals surface area contributed by atoms with Crippen molar-refractivity contribution in [2.75, 3.05) is 26.2 Å². The van der Waals surface area contributed by atoms with Gasteiger partial charge in [0.05, 0.1) is 33.1 Å². The van der Waals surface area contributed by atoms with Crippen molar-refractivity contribution in [3.05, 3.63) is 47.5 Å². The smallest absolute Gasteiger partial charge is 0.329 e. The molecule has 9 nitrogen and oxygen atoms in total. The fourth-order valence-corrected chi connectivity index (χ4v) is 4.33. The molecule has 0 spiro atoms. The van der Waals surface area contributed by atoms with Crippen LogP contribution in [0.15, 0.2) is 36.4 Å². The molecule has 4 amide bonds. The Morgan fingerprint density at radius 3 is 2.42 bits per heavy atom. The van der Waals surface area contributed by atoms with Crippen molar-refractivity contribution in [3.8, 4) is 17.2 Å². The number of urea groups is 1. The van der Waals surface area contributed by atoms with Crippen molar-refractivity contribution in [1.29, 1.82) is 0 Å². The summed E-state index contributed by atoms with van der Waals surface area (Å²) >= 11 is 0. The van der Waals surface area contributed by atoms with Gasteiger partial charge in [0.15, 0.2) is 11.5 Å². The number of fused-ring (bicyclic) bond motifs is 1. The highest BCUT2D eigenvalue weighted by Crippen LogP contribution is 2.39. The summed E-state index contributed by atoms with van der Waals surface area (Å²) in [4.78, 5) is 38.9. The summed E-state index contributed by atoms with van der Waals surface area (Å²) in [5.41, 5.74) is 2.58. The average Bonchev–Trinajstić information content (AvgIpc) is 3.35. The Bertz CT molecular complexity index is 1070. The van der Waals surface area contributed by atoms with Gasteiger partial charge in [-0.15, -0.1) is 0 Å². The van der Waals surface area contributed by atoms with Crippen molar-refractivity contribution in [2.45, 2.75) is 37.8 Å². The zero-order chi connectivity index (χ0) is 23.5. The van der Waals surface area contributed by atoms with Gasteiger partial charge in [-0.1, -0.05) is 0 Å². The molecule has 2 N–H and O–H groups in total. The minimum atomic E-state index is -0.745. The second kappa shape index (κ2) is 9.40. The minimum Gasteiger partial charge on any atom is -0.497 e. The number of benzene rings is 2. The van der Waals surface area contributed by atoms with Gasteiger partial charge < -0.3 is 24.8 Å². The van der Waals surface area contributed by atoms with Crippen LogP contribution >= 0.6 is 0 Å². The highest BCUT2D eigenvalue weighted by atomic mass is 16.5. The van der Waals surface area contributed by atoms with E-state index in [1.807, 2.05) is 12.1 Å². The highest BCUT2D eigenvalue weighted by Gasteiger charge is 2.39. The summed E-state index contributed by atoms with van der Waals surface area (Å²) in [5, 5.41) is 5.71. The molecule has 1 aliphatic heterocycles. The molecule has 0 saturated carbocycles. The predicted molar refractivity (Wildman–Crippen MR) is 121 cm³/mol. The molecule has 2 aromatic carbocycles. The molecule has 4 rings (SSSR count). The third-order valence-electron chi connectivity index (χ3n) is 6.07. The second-order valence-corrected chi connectivity index (χ2v) is 7.98. The molecule has 0 radical (unpaired) electrons. The molecule has 9 heteroatoms.